The Kier molecular flexibility index (Phi) is 10.4. The average molecular weight is 228 g/mol. The van der Waals surface area contributed by atoms with Crippen molar-refractivity contribution in [1.82, 2.24) is 0 Å². The first-order valence-corrected chi connectivity index (χ1v) is 7.04. The first kappa shape index (κ1) is 18.4. The molecule has 0 atom stereocenters. The van der Waals surface area contributed by atoms with E-state index in [4.69, 9.17) is 0 Å². The topological polar surface area (TPSA) is 0 Å². The second kappa shape index (κ2) is 9.07. The van der Waals surface area contributed by atoms with Crippen molar-refractivity contribution >= 4 is 0 Å². The van der Waals surface area contributed by atoms with Crippen molar-refractivity contribution in [2.24, 2.45) is 23.2 Å². The van der Waals surface area contributed by atoms with Crippen LogP contribution in [0.15, 0.2) is 0 Å². The molecular formula is C16H36. The Balaban J connectivity index is 0. The Hall–Kier alpha value is 0. The maximum absolute atomic E-state index is 2.28. The molecular weight excluding hydrogens is 192 g/mol. The largest absolute Gasteiger partial charge is 0.0628 e. The molecule has 0 saturated carbocycles. The molecule has 0 aromatic rings. The van der Waals surface area contributed by atoms with Gasteiger partial charge in [-0.25, -0.2) is 0 Å². The lowest BCUT2D eigenvalue weighted by Gasteiger charge is -2.19. The van der Waals surface area contributed by atoms with Gasteiger partial charge in [0.1, 0.15) is 0 Å². The van der Waals surface area contributed by atoms with E-state index in [2.05, 4.69) is 62.3 Å². The van der Waals surface area contributed by atoms with Crippen LogP contribution < -0.4 is 0 Å². The van der Waals surface area contributed by atoms with Crippen molar-refractivity contribution in [3.8, 4) is 0 Å². The van der Waals surface area contributed by atoms with E-state index in [0.29, 0.717) is 5.41 Å². The van der Waals surface area contributed by atoms with Crippen LogP contribution in [0.4, 0.5) is 0 Å². The van der Waals surface area contributed by atoms with E-state index < -0.39 is 0 Å². The third-order valence-corrected chi connectivity index (χ3v) is 2.34. The molecule has 0 radical (unpaired) electrons. The monoisotopic (exact) mass is 228 g/mol. The van der Waals surface area contributed by atoms with Crippen LogP contribution in [0, 0.1) is 23.2 Å². The molecule has 0 aromatic heterocycles. The molecule has 0 aliphatic heterocycles. The van der Waals surface area contributed by atoms with Gasteiger partial charge in [0.15, 0.2) is 0 Å². The first-order chi connectivity index (χ1) is 7.04. The molecule has 100 valence electrons. The van der Waals surface area contributed by atoms with E-state index in [1.54, 1.807) is 0 Å². The van der Waals surface area contributed by atoms with E-state index in [9.17, 15) is 0 Å². The summed E-state index contributed by atoms with van der Waals surface area (Å²) < 4.78 is 0. The minimum atomic E-state index is 0.522. The van der Waals surface area contributed by atoms with Crippen LogP contribution in [-0.4, -0.2) is 0 Å². The zero-order chi connectivity index (χ0) is 13.4. The van der Waals surface area contributed by atoms with Gasteiger partial charge >= 0.3 is 0 Å². The molecule has 0 saturated heterocycles. The Labute approximate surface area is 105 Å². The van der Waals surface area contributed by atoms with Gasteiger partial charge < -0.3 is 0 Å². The van der Waals surface area contributed by atoms with Crippen molar-refractivity contribution in [3.05, 3.63) is 0 Å². The molecule has 0 aliphatic rings. The van der Waals surface area contributed by atoms with Crippen LogP contribution in [0.2, 0.25) is 0 Å². The molecule has 0 spiro atoms. The Morgan fingerprint density at radius 1 is 0.625 bits per heavy atom. The van der Waals surface area contributed by atoms with Gasteiger partial charge in [-0.15, -0.1) is 0 Å². The fourth-order valence-electron chi connectivity index (χ4n) is 1.89. The minimum Gasteiger partial charge on any atom is -0.0628 e. The summed E-state index contributed by atoms with van der Waals surface area (Å²) in [6.07, 6.45) is 4.10. The highest BCUT2D eigenvalue weighted by Gasteiger charge is 2.11. The molecule has 0 rings (SSSR count). The first-order valence-electron chi connectivity index (χ1n) is 7.04. The van der Waals surface area contributed by atoms with E-state index >= 15 is 0 Å². The van der Waals surface area contributed by atoms with Gasteiger partial charge in [-0.05, 0) is 29.6 Å². The summed E-state index contributed by atoms with van der Waals surface area (Å²) in [6.45, 7) is 20.5. The van der Waals surface area contributed by atoms with Gasteiger partial charge in [0.05, 0.1) is 0 Å². The Bertz CT molecular complexity index is 127. The van der Waals surface area contributed by atoms with Gasteiger partial charge in [0.25, 0.3) is 0 Å². The lowest BCUT2D eigenvalue weighted by atomic mass is 9.86. The molecule has 0 heteroatoms. The summed E-state index contributed by atoms with van der Waals surface area (Å²) >= 11 is 0. The van der Waals surface area contributed by atoms with Crippen molar-refractivity contribution in [3.63, 3.8) is 0 Å². The minimum absolute atomic E-state index is 0.522. The fraction of sp³-hybridized carbons (Fsp3) is 1.00. The van der Waals surface area contributed by atoms with Gasteiger partial charge in [-0.2, -0.15) is 0 Å². The van der Waals surface area contributed by atoms with E-state index in [-0.39, 0.29) is 0 Å². The van der Waals surface area contributed by atoms with Gasteiger partial charge in [-0.3, -0.25) is 0 Å². The zero-order valence-electron chi connectivity index (χ0n) is 13.4. The molecule has 16 heavy (non-hydrogen) atoms. The van der Waals surface area contributed by atoms with Gasteiger partial charge in [-0.1, -0.05) is 75.2 Å². The molecule has 0 bridgehead atoms. The SMILES string of the molecule is CC(C)CC(C)(C)C.CC(C)CCC(C)C. The number of hydrogen-bond donors (Lipinski definition) is 0. The number of hydrogen-bond acceptors (Lipinski definition) is 0. The second-order valence-corrected chi connectivity index (χ2v) is 7.52. The molecule has 0 fully saturated rings. The summed E-state index contributed by atoms with van der Waals surface area (Å²) in [4.78, 5) is 0. The van der Waals surface area contributed by atoms with Gasteiger partial charge in [0, 0.05) is 0 Å². The lowest BCUT2D eigenvalue weighted by molar-refractivity contribution is 0.320. The highest BCUT2D eigenvalue weighted by molar-refractivity contribution is 4.62. The quantitative estimate of drug-likeness (QED) is 0.541. The van der Waals surface area contributed by atoms with E-state index in [1.165, 1.54) is 19.3 Å². The maximum atomic E-state index is 2.28. The third-order valence-electron chi connectivity index (χ3n) is 2.34. The molecule has 0 aliphatic carbocycles. The van der Waals surface area contributed by atoms with Crippen LogP contribution in [0.25, 0.3) is 0 Å². The predicted octanol–water partition coefficient (Wildman–Crippen LogP) is 6.16. The van der Waals surface area contributed by atoms with Crippen LogP contribution >= 0.6 is 0 Å². The standard InChI is InChI=1S/2C8H18/c1-7(2)6-8(3,4)5;1-7(2)5-6-8(3)4/h7H,6H2,1-5H3;7-8H,5-6H2,1-4H3. The molecule has 0 nitrogen and oxygen atoms in total. The van der Waals surface area contributed by atoms with Crippen molar-refractivity contribution in [2.45, 2.75) is 81.6 Å². The third kappa shape index (κ3) is 23.7. The summed E-state index contributed by atoms with van der Waals surface area (Å²) in [5.41, 5.74) is 0.522. The Morgan fingerprint density at radius 2 is 0.938 bits per heavy atom. The van der Waals surface area contributed by atoms with Crippen LogP contribution in [-0.2, 0) is 0 Å². The van der Waals surface area contributed by atoms with E-state index in [1.807, 2.05) is 0 Å². The van der Waals surface area contributed by atoms with E-state index in [0.717, 1.165) is 17.8 Å². The molecule has 0 N–H and O–H groups in total. The van der Waals surface area contributed by atoms with Gasteiger partial charge in [0.2, 0.25) is 0 Å². The summed E-state index contributed by atoms with van der Waals surface area (Å²) in [5.74, 6) is 2.62. The average Bonchev–Trinajstić information content (AvgIpc) is 1.96. The normalized spacial score (nSPS) is 12.0. The predicted molar refractivity (Wildman–Crippen MR) is 77.8 cm³/mol. The molecule has 0 amide bonds. The van der Waals surface area contributed by atoms with Crippen LogP contribution in [0.1, 0.15) is 81.6 Å². The van der Waals surface area contributed by atoms with Crippen molar-refractivity contribution in [2.75, 3.05) is 0 Å². The smallest absolute Gasteiger partial charge is 0.0380 e. The molecule has 0 unspecified atom stereocenters. The Morgan fingerprint density at radius 3 is 1.00 bits per heavy atom. The van der Waals surface area contributed by atoms with Crippen LogP contribution in [0.5, 0.6) is 0 Å². The second-order valence-electron chi connectivity index (χ2n) is 7.52. The summed E-state index contributed by atoms with van der Waals surface area (Å²) in [6, 6.07) is 0. The summed E-state index contributed by atoms with van der Waals surface area (Å²) in [7, 11) is 0. The lowest BCUT2D eigenvalue weighted by Crippen LogP contribution is -2.08. The zero-order valence-corrected chi connectivity index (χ0v) is 13.4. The highest BCUT2D eigenvalue weighted by Crippen LogP contribution is 2.23. The van der Waals surface area contributed by atoms with Crippen molar-refractivity contribution in [1.29, 1.82) is 0 Å². The number of rotatable bonds is 4. The highest BCUT2D eigenvalue weighted by atomic mass is 14.2. The molecule has 0 heterocycles. The van der Waals surface area contributed by atoms with Crippen molar-refractivity contribution < 1.29 is 0 Å². The van der Waals surface area contributed by atoms with Crippen LogP contribution in [0.3, 0.4) is 0 Å². The summed E-state index contributed by atoms with van der Waals surface area (Å²) in [5, 5.41) is 0. The maximum Gasteiger partial charge on any atom is -0.0380 e. The fourth-order valence-corrected chi connectivity index (χ4v) is 1.89. The molecule has 0 aromatic carbocycles.